The van der Waals surface area contributed by atoms with Crippen molar-refractivity contribution < 1.29 is 47.1 Å². The largest absolute Gasteiger partial charge is 0.489 e. The molecular formula is C49H68O10Si. The van der Waals surface area contributed by atoms with Crippen LogP contribution in [-0.2, 0) is 41.1 Å². The molecule has 10 nitrogen and oxygen atoms in total. The normalized spacial score (nSPS) is 19.6. The van der Waals surface area contributed by atoms with E-state index < -0.39 is 32.3 Å². The van der Waals surface area contributed by atoms with Gasteiger partial charge >= 0.3 is 5.97 Å². The first kappa shape index (κ1) is 47.1. The zero-order valence-corrected chi connectivity index (χ0v) is 38.5. The summed E-state index contributed by atoms with van der Waals surface area (Å²) in [6.45, 7) is 22.3. The molecule has 0 radical (unpaired) electrons. The smallest absolute Gasteiger partial charge is 0.341 e. The fourth-order valence-electron chi connectivity index (χ4n) is 7.87. The van der Waals surface area contributed by atoms with Crippen LogP contribution in [0.2, 0.25) is 18.1 Å². The summed E-state index contributed by atoms with van der Waals surface area (Å²) in [5.41, 5.74) is 1.99. The van der Waals surface area contributed by atoms with Gasteiger partial charge in [-0.1, -0.05) is 81.5 Å². The molecule has 3 aromatic rings. The van der Waals surface area contributed by atoms with E-state index in [0.717, 1.165) is 36.6 Å². The van der Waals surface area contributed by atoms with Crippen LogP contribution in [0.3, 0.4) is 0 Å². The van der Waals surface area contributed by atoms with Crippen LogP contribution in [-0.4, -0.2) is 78.7 Å². The summed E-state index contributed by atoms with van der Waals surface area (Å²) in [4.78, 5) is 14.1. The Morgan fingerprint density at radius 1 is 0.967 bits per heavy atom. The SMILES string of the molecule is C=C[C@@H](Cc1cc2cc(OC/C=C/C)cc(OCOCc3ccccc3)c2c(OC/C=C/C)c1C(=O)OC)[C@H](OC)[C@@H](O[Si](C)(C)C(C)(C)C)[C@H]1OC2(CCCC2)O[C@@H]1C. The number of benzene rings is 3. The van der Waals surface area contributed by atoms with Gasteiger partial charge in [0.25, 0.3) is 0 Å². The maximum Gasteiger partial charge on any atom is 0.341 e. The molecule has 0 amide bonds. The number of esters is 1. The summed E-state index contributed by atoms with van der Waals surface area (Å²) in [6, 6.07) is 15.6. The molecule has 1 saturated carbocycles. The number of hydrogen-bond acceptors (Lipinski definition) is 10. The molecule has 0 N–H and O–H groups in total. The van der Waals surface area contributed by atoms with E-state index in [4.69, 9.17) is 42.3 Å². The van der Waals surface area contributed by atoms with Gasteiger partial charge in [-0.05, 0) is 86.8 Å². The number of carbonyl (C=O) groups is 1. The molecule has 0 unspecified atom stereocenters. The number of methoxy groups -OCH3 is 2. The van der Waals surface area contributed by atoms with Crippen LogP contribution in [0, 0.1) is 5.92 Å². The van der Waals surface area contributed by atoms with Crippen molar-refractivity contribution >= 4 is 25.1 Å². The van der Waals surface area contributed by atoms with Crippen molar-refractivity contribution in [3.63, 3.8) is 0 Å². The van der Waals surface area contributed by atoms with Gasteiger partial charge in [-0.2, -0.15) is 0 Å². The van der Waals surface area contributed by atoms with Gasteiger partial charge in [0.2, 0.25) is 0 Å². The van der Waals surface area contributed by atoms with E-state index >= 15 is 0 Å². The van der Waals surface area contributed by atoms with Crippen molar-refractivity contribution in [2.24, 2.45) is 5.92 Å². The van der Waals surface area contributed by atoms with Crippen LogP contribution in [0.5, 0.6) is 17.2 Å². The van der Waals surface area contributed by atoms with Crippen LogP contribution < -0.4 is 14.2 Å². The highest BCUT2D eigenvalue weighted by Gasteiger charge is 2.54. The minimum absolute atomic E-state index is 0.0533. The van der Waals surface area contributed by atoms with E-state index in [9.17, 15) is 4.79 Å². The number of allylic oxidation sites excluding steroid dienone is 2. The van der Waals surface area contributed by atoms with Crippen LogP contribution >= 0.6 is 0 Å². The van der Waals surface area contributed by atoms with Gasteiger partial charge < -0.3 is 42.3 Å². The third-order valence-corrected chi connectivity index (χ3v) is 16.5. The maximum absolute atomic E-state index is 14.1. The second-order valence-electron chi connectivity index (χ2n) is 17.3. The molecule has 0 bridgehead atoms. The molecule has 1 aliphatic carbocycles. The standard InChI is InChI=1S/C49H68O10Si/c1-12-15-26-54-39-30-38-29-37(42(47(50)52-9)45(55-27-16-13-2)41(38)40(31-39)56-33-53-32-35-22-18-17-19-23-35)28-36(14-3)44(51-8)46(59-60(10,11)48(5,6)7)43-34(4)57-49(58-43)24-20-21-25-49/h12-19,22-23,29-31,34,36,43-44,46H,3,20-21,24-28,32-33H2,1-2,4-11H3/b15-12+,16-13+/t34-,36+,43+,44+,46+/m1/s1. The van der Waals surface area contributed by atoms with Crippen molar-refractivity contribution in [3.05, 3.63) is 102 Å². The van der Waals surface area contributed by atoms with Gasteiger partial charge in [-0.3, -0.25) is 0 Å². The Bertz CT molecular complexity index is 1930. The summed E-state index contributed by atoms with van der Waals surface area (Å²) in [5.74, 6) is -0.148. The van der Waals surface area contributed by atoms with E-state index in [1.54, 1.807) is 13.2 Å². The van der Waals surface area contributed by atoms with Crippen LogP contribution in [0.15, 0.2) is 85.5 Å². The highest BCUT2D eigenvalue weighted by molar-refractivity contribution is 6.74. The number of rotatable bonds is 21. The fraction of sp³-hybridized carbons (Fsp3) is 0.531. The fourth-order valence-corrected chi connectivity index (χ4v) is 9.18. The number of carbonyl (C=O) groups excluding carboxylic acids is 1. The molecule has 11 heteroatoms. The predicted octanol–water partition coefficient (Wildman–Crippen LogP) is 10.9. The molecule has 1 spiro atoms. The average molecular weight is 845 g/mol. The van der Waals surface area contributed by atoms with Crippen molar-refractivity contribution in [1.82, 2.24) is 0 Å². The third kappa shape index (κ3) is 11.3. The van der Waals surface area contributed by atoms with Gasteiger partial charge in [0.05, 0.1) is 31.3 Å². The molecule has 3 aromatic carbocycles. The zero-order chi connectivity index (χ0) is 43.5. The number of hydrogen-bond donors (Lipinski definition) is 0. The molecule has 1 aliphatic heterocycles. The molecule has 2 fully saturated rings. The Morgan fingerprint density at radius 3 is 2.27 bits per heavy atom. The van der Waals surface area contributed by atoms with Crippen molar-refractivity contribution in [1.29, 1.82) is 0 Å². The summed E-state index contributed by atoms with van der Waals surface area (Å²) in [7, 11) is 0.688. The van der Waals surface area contributed by atoms with E-state index in [2.05, 4.69) is 47.4 Å². The second kappa shape index (κ2) is 21.2. The Balaban J connectivity index is 1.63. The van der Waals surface area contributed by atoms with Crippen LogP contribution in [0.25, 0.3) is 10.8 Å². The Labute approximate surface area is 359 Å². The zero-order valence-electron chi connectivity index (χ0n) is 37.5. The first-order chi connectivity index (χ1) is 28.7. The third-order valence-electron chi connectivity index (χ3n) is 12.1. The lowest BCUT2D eigenvalue weighted by Gasteiger charge is -2.44. The lowest BCUT2D eigenvalue weighted by atomic mass is 9.85. The predicted molar refractivity (Wildman–Crippen MR) is 240 cm³/mol. The summed E-state index contributed by atoms with van der Waals surface area (Å²) in [5, 5.41) is 1.25. The van der Waals surface area contributed by atoms with E-state index in [1.807, 2.05) is 86.7 Å². The second-order valence-corrected chi connectivity index (χ2v) is 22.0. The van der Waals surface area contributed by atoms with E-state index in [-0.39, 0.29) is 42.1 Å². The number of ether oxygens (including phenoxy) is 8. The Morgan fingerprint density at radius 2 is 1.65 bits per heavy atom. The van der Waals surface area contributed by atoms with Gasteiger partial charge in [0, 0.05) is 31.9 Å². The minimum atomic E-state index is -2.40. The molecule has 1 heterocycles. The lowest BCUT2D eigenvalue weighted by Crippen LogP contribution is -2.55. The van der Waals surface area contributed by atoms with Gasteiger partial charge in [0.15, 0.2) is 20.9 Å². The highest BCUT2D eigenvalue weighted by atomic mass is 28.4. The first-order valence-corrected chi connectivity index (χ1v) is 24.2. The van der Waals surface area contributed by atoms with Crippen molar-refractivity contribution in [3.8, 4) is 17.2 Å². The van der Waals surface area contributed by atoms with E-state index in [0.29, 0.717) is 47.8 Å². The molecule has 5 rings (SSSR count). The quantitative estimate of drug-likeness (QED) is 0.0339. The van der Waals surface area contributed by atoms with Crippen molar-refractivity contribution in [2.45, 2.75) is 129 Å². The average Bonchev–Trinajstić information content (AvgIpc) is 3.82. The topological polar surface area (TPSA) is 100 Å². The number of fused-ring (bicyclic) bond motifs is 1. The van der Waals surface area contributed by atoms with Gasteiger partial charge in [-0.25, -0.2) is 4.79 Å². The van der Waals surface area contributed by atoms with Gasteiger partial charge in [0.1, 0.15) is 48.2 Å². The molecule has 328 valence electrons. The summed E-state index contributed by atoms with van der Waals surface area (Å²) >= 11 is 0. The molecule has 0 aromatic heterocycles. The Hall–Kier alpha value is -3.97. The lowest BCUT2D eigenvalue weighted by molar-refractivity contribution is -0.183. The van der Waals surface area contributed by atoms with E-state index in [1.165, 1.54) is 7.11 Å². The molecule has 5 atom stereocenters. The monoisotopic (exact) mass is 844 g/mol. The highest BCUT2D eigenvalue weighted by Crippen LogP contribution is 2.47. The minimum Gasteiger partial charge on any atom is -0.489 e. The molecule has 60 heavy (non-hydrogen) atoms. The first-order valence-electron chi connectivity index (χ1n) is 21.3. The summed E-state index contributed by atoms with van der Waals surface area (Å²) in [6.07, 6.45) is 12.1. The van der Waals surface area contributed by atoms with Crippen LogP contribution in [0.4, 0.5) is 0 Å². The molecular weight excluding hydrogens is 777 g/mol. The molecule has 2 aliphatic rings. The maximum atomic E-state index is 14.1. The molecule has 1 saturated heterocycles. The van der Waals surface area contributed by atoms with Crippen LogP contribution in [0.1, 0.15) is 88.7 Å². The van der Waals surface area contributed by atoms with Gasteiger partial charge in [-0.15, -0.1) is 6.58 Å². The Kier molecular flexibility index (Phi) is 16.6. The summed E-state index contributed by atoms with van der Waals surface area (Å²) < 4.78 is 57.9. The van der Waals surface area contributed by atoms with Crippen molar-refractivity contribution in [2.75, 3.05) is 34.2 Å².